The van der Waals surface area contributed by atoms with Gasteiger partial charge >= 0.3 is 0 Å². The average Bonchev–Trinajstić information content (AvgIpc) is 2.71. The zero-order valence-electron chi connectivity index (χ0n) is 15.8. The highest BCUT2D eigenvalue weighted by Crippen LogP contribution is 2.39. The standard InChI is InChI=1S/C21H25FO7/c1-11(24)19-17(25)18(26)20(27)21(28,29-19)16-9-13(10-23)2-5-14(16)8-12-3-6-15(22)7-4-12/h2-7,9,11,17-20,23-28H,8,10H2,1H3/t11-,17-,18-,19+,20+,21+/m0/s1. The summed E-state index contributed by atoms with van der Waals surface area (Å²) >= 11 is 0. The molecule has 3 rings (SSSR count). The van der Waals surface area contributed by atoms with E-state index in [-0.39, 0.29) is 18.6 Å². The molecule has 0 unspecified atom stereocenters. The van der Waals surface area contributed by atoms with Crippen LogP contribution in [-0.4, -0.2) is 61.2 Å². The smallest absolute Gasteiger partial charge is 0.222 e. The summed E-state index contributed by atoms with van der Waals surface area (Å²) < 4.78 is 18.7. The Morgan fingerprint density at radius 3 is 2.24 bits per heavy atom. The number of aliphatic hydroxyl groups excluding tert-OH is 5. The molecule has 0 spiro atoms. The Labute approximate surface area is 167 Å². The fourth-order valence-corrected chi connectivity index (χ4v) is 3.60. The minimum atomic E-state index is -2.46. The van der Waals surface area contributed by atoms with Gasteiger partial charge in [0.15, 0.2) is 0 Å². The van der Waals surface area contributed by atoms with Crippen LogP contribution < -0.4 is 0 Å². The molecule has 7 nitrogen and oxygen atoms in total. The summed E-state index contributed by atoms with van der Waals surface area (Å²) in [5, 5.41) is 61.5. The molecule has 2 aromatic carbocycles. The maximum Gasteiger partial charge on any atom is 0.222 e. The third kappa shape index (κ3) is 4.19. The molecular weight excluding hydrogens is 383 g/mol. The lowest BCUT2D eigenvalue weighted by molar-refractivity contribution is -0.364. The molecule has 1 aliphatic rings. The Balaban J connectivity index is 2.07. The molecule has 6 atom stereocenters. The molecule has 0 aliphatic carbocycles. The van der Waals surface area contributed by atoms with Crippen molar-refractivity contribution in [3.05, 3.63) is 70.5 Å². The van der Waals surface area contributed by atoms with Crippen molar-refractivity contribution in [1.82, 2.24) is 0 Å². The minimum absolute atomic E-state index is 0.0671. The largest absolute Gasteiger partial charge is 0.392 e. The highest BCUT2D eigenvalue weighted by molar-refractivity contribution is 5.40. The molecule has 1 heterocycles. The van der Waals surface area contributed by atoms with E-state index >= 15 is 0 Å². The minimum Gasteiger partial charge on any atom is -0.392 e. The SMILES string of the molecule is C[C@H](O)[C@H]1O[C@](O)(c2cc(CO)ccc2Cc2ccc(F)cc2)[C@H](O)[C@@H](O)[C@@H]1O. The van der Waals surface area contributed by atoms with Gasteiger partial charge in [0.2, 0.25) is 5.79 Å². The number of aliphatic hydroxyl groups is 6. The van der Waals surface area contributed by atoms with Gasteiger partial charge in [0, 0.05) is 5.56 Å². The molecule has 0 radical (unpaired) electrons. The van der Waals surface area contributed by atoms with Crippen molar-refractivity contribution >= 4 is 0 Å². The van der Waals surface area contributed by atoms with Crippen LogP contribution in [0.4, 0.5) is 4.39 Å². The molecule has 0 saturated carbocycles. The molecular formula is C21H25FO7. The van der Waals surface area contributed by atoms with Gasteiger partial charge in [-0.1, -0.05) is 24.3 Å². The van der Waals surface area contributed by atoms with Crippen LogP contribution >= 0.6 is 0 Å². The fraction of sp³-hybridized carbons (Fsp3) is 0.429. The summed E-state index contributed by atoms with van der Waals surface area (Å²) in [4.78, 5) is 0. The highest BCUT2D eigenvalue weighted by atomic mass is 19.1. The fourth-order valence-electron chi connectivity index (χ4n) is 3.60. The van der Waals surface area contributed by atoms with Gasteiger partial charge < -0.3 is 35.4 Å². The lowest BCUT2D eigenvalue weighted by Gasteiger charge is -2.47. The summed E-state index contributed by atoms with van der Waals surface area (Å²) in [6.07, 6.45) is -7.71. The van der Waals surface area contributed by atoms with E-state index in [1.165, 1.54) is 25.1 Å². The molecule has 0 bridgehead atoms. The molecule has 0 amide bonds. The molecule has 8 heteroatoms. The van der Waals surface area contributed by atoms with Crippen LogP contribution in [0.1, 0.15) is 29.2 Å². The number of halogens is 1. The third-order valence-electron chi connectivity index (χ3n) is 5.25. The maximum absolute atomic E-state index is 13.2. The molecule has 6 N–H and O–H groups in total. The van der Waals surface area contributed by atoms with E-state index in [1.807, 2.05) is 0 Å². The van der Waals surface area contributed by atoms with E-state index in [9.17, 15) is 35.0 Å². The van der Waals surface area contributed by atoms with Gasteiger partial charge in [0.1, 0.15) is 30.2 Å². The molecule has 2 aromatic rings. The van der Waals surface area contributed by atoms with Gasteiger partial charge in [-0.3, -0.25) is 0 Å². The highest BCUT2D eigenvalue weighted by Gasteiger charge is 2.55. The second-order valence-electron chi connectivity index (χ2n) is 7.40. The number of benzene rings is 2. The number of hydrogen-bond acceptors (Lipinski definition) is 7. The van der Waals surface area contributed by atoms with Crippen molar-refractivity contribution in [3.63, 3.8) is 0 Å². The first-order chi connectivity index (χ1) is 13.7. The number of rotatable bonds is 5. The Bertz CT molecular complexity index is 841. The van der Waals surface area contributed by atoms with E-state index in [0.717, 1.165) is 0 Å². The van der Waals surface area contributed by atoms with Crippen molar-refractivity contribution < 1.29 is 39.8 Å². The number of ether oxygens (including phenoxy) is 1. The molecule has 0 aromatic heterocycles. The second kappa shape index (κ2) is 8.45. The Hall–Kier alpha value is -1.91. The van der Waals surface area contributed by atoms with E-state index in [2.05, 4.69) is 0 Å². The van der Waals surface area contributed by atoms with Crippen molar-refractivity contribution in [1.29, 1.82) is 0 Å². The van der Waals surface area contributed by atoms with E-state index in [4.69, 9.17) is 4.74 Å². The van der Waals surface area contributed by atoms with Crippen LogP contribution in [0.15, 0.2) is 42.5 Å². The van der Waals surface area contributed by atoms with Gasteiger partial charge in [0.25, 0.3) is 0 Å². The maximum atomic E-state index is 13.2. The normalized spacial score (nSPS) is 30.9. The molecule has 1 saturated heterocycles. The van der Waals surface area contributed by atoms with Crippen molar-refractivity contribution in [3.8, 4) is 0 Å². The van der Waals surface area contributed by atoms with Crippen LogP contribution in [0.25, 0.3) is 0 Å². The van der Waals surface area contributed by atoms with Gasteiger partial charge in [-0.15, -0.1) is 0 Å². The van der Waals surface area contributed by atoms with Crippen molar-refractivity contribution in [2.45, 2.75) is 56.3 Å². The first-order valence-electron chi connectivity index (χ1n) is 9.27. The first-order valence-corrected chi connectivity index (χ1v) is 9.27. The Morgan fingerprint density at radius 1 is 1.03 bits per heavy atom. The van der Waals surface area contributed by atoms with E-state index in [1.54, 1.807) is 24.3 Å². The van der Waals surface area contributed by atoms with E-state index in [0.29, 0.717) is 16.7 Å². The van der Waals surface area contributed by atoms with Crippen LogP contribution in [0.5, 0.6) is 0 Å². The molecule has 158 valence electrons. The quantitative estimate of drug-likeness (QED) is 0.408. The monoisotopic (exact) mass is 408 g/mol. The van der Waals surface area contributed by atoms with Crippen molar-refractivity contribution in [2.24, 2.45) is 0 Å². The first kappa shape index (κ1) is 21.8. The summed E-state index contributed by atoms with van der Waals surface area (Å²) in [7, 11) is 0. The Kier molecular flexibility index (Phi) is 6.35. The molecule has 1 fully saturated rings. The van der Waals surface area contributed by atoms with Crippen LogP contribution in [0.3, 0.4) is 0 Å². The van der Waals surface area contributed by atoms with Crippen LogP contribution in [0, 0.1) is 5.82 Å². The third-order valence-corrected chi connectivity index (χ3v) is 5.25. The zero-order valence-corrected chi connectivity index (χ0v) is 15.8. The van der Waals surface area contributed by atoms with Crippen LogP contribution in [-0.2, 0) is 23.6 Å². The Morgan fingerprint density at radius 2 is 1.66 bits per heavy atom. The predicted octanol–water partition coefficient (Wildman–Crippen LogP) is -0.0838. The van der Waals surface area contributed by atoms with Gasteiger partial charge in [-0.25, -0.2) is 4.39 Å². The summed E-state index contributed by atoms with van der Waals surface area (Å²) in [5.41, 5.74) is 1.69. The topological polar surface area (TPSA) is 131 Å². The number of hydrogen-bond donors (Lipinski definition) is 6. The van der Waals surface area contributed by atoms with Gasteiger partial charge in [-0.2, -0.15) is 0 Å². The molecule has 29 heavy (non-hydrogen) atoms. The van der Waals surface area contributed by atoms with Gasteiger partial charge in [-0.05, 0) is 48.2 Å². The lowest BCUT2D eigenvalue weighted by atomic mass is 9.83. The van der Waals surface area contributed by atoms with Crippen LogP contribution in [0.2, 0.25) is 0 Å². The second-order valence-corrected chi connectivity index (χ2v) is 7.40. The summed E-state index contributed by atoms with van der Waals surface area (Å²) in [6.45, 7) is 0.976. The zero-order chi connectivity index (χ0) is 21.3. The lowest BCUT2D eigenvalue weighted by Crippen LogP contribution is -2.65. The molecule has 1 aliphatic heterocycles. The predicted molar refractivity (Wildman–Crippen MR) is 100 cm³/mol. The van der Waals surface area contributed by atoms with Gasteiger partial charge in [0.05, 0.1) is 12.7 Å². The summed E-state index contributed by atoms with van der Waals surface area (Å²) in [6, 6.07) is 10.4. The summed E-state index contributed by atoms with van der Waals surface area (Å²) in [5.74, 6) is -2.85. The van der Waals surface area contributed by atoms with Crippen molar-refractivity contribution in [2.75, 3.05) is 0 Å². The average molecular weight is 408 g/mol. The van der Waals surface area contributed by atoms with E-state index < -0.39 is 42.1 Å².